The van der Waals surface area contributed by atoms with E-state index < -0.39 is 23.9 Å². The zero-order chi connectivity index (χ0) is 28.2. The molecule has 7 nitrogen and oxygen atoms in total. The van der Waals surface area contributed by atoms with E-state index in [1.807, 2.05) is 26.0 Å². The Labute approximate surface area is 236 Å². The summed E-state index contributed by atoms with van der Waals surface area (Å²) in [7, 11) is 0. The Morgan fingerprint density at radius 2 is 1.65 bits per heavy atom. The van der Waals surface area contributed by atoms with E-state index in [0.717, 1.165) is 32.5 Å². The molecule has 8 heteroatoms. The molecule has 3 atom stereocenters. The maximum Gasteiger partial charge on any atom is 0.247 e. The number of amides is 3. The van der Waals surface area contributed by atoms with Gasteiger partial charge in [0.25, 0.3) is 0 Å². The first-order valence-electron chi connectivity index (χ1n) is 14.8. The number of nitrogens with zero attached hydrogens (tertiary/aromatic N) is 2. The molecule has 0 aromatic heterocycles. The van der Waals surface area contributed by atoms with Crippen LogP contribution in [0.25, 0.3) is 0 Å². The summed E-state index contributed by atoms with van der Waals surface area (Å²) < 4.78 is 13.9. The molecule has 0 saturated carbocycles. The number of carbonyl (C=O) groups excluding carboxylic acids is 3. The molecule has 2 heterocycles. The van der Waals surface area contributed by atoms with Crippen molar-refractivity contribution in [2.24, 2.45) is 11.8 Å². The molecule has 3 amide bonds. The van der Waals surface area contributed by atoms with Crippen LogP contribution in [0, 0.1) is 17.7 Å². The highest BCUT2D eigenvalue weighted by Gasteiger charge is 2.49. The van der Waals surface area contributed by atoms with Crippen LogP contribution in [-0.4, -0.2) is 65.8 Å². The zero-order valence-electron chi connectivity index (χ0n) is 23.6. The highest BCUT2D eigenvalue weighted by Crippen LogP contribution is 2.35. The van der Waals surface area contributed by atoms with Crippen LogP contribution in [-0.2, 0) is 27.2 Å². The van der Waals surface area contributed by atoms with Crippen LogP contribution in [0.2, 0.25) is 0 Å². The Bertz CT molecular complexity index is 1190. The summed E-state index contributed by atoms with van der Waals surface area (Å²) in [5.41, 5.74) is 2.88. The molecule has 2 fully saturated rings. The lowest BCUT2D eigenvalue weighted by Gasteiger charge is -2.45. The van der Waals surface area contributed by atoms with Crippen molar-refractivity contribution >= 4 is 17.7 Å². The van der Waals surface area contributed by atoms with Crippen molar-refractivity contribution in [3.05, 3.63) is 71.0 Å². The minimum absolute atomic E-state index is 0.0904. The van der Waals surface area contributed by atoms with Gasteiger partial charge in [0.15, 0.2) is 0 Å². The number of hydrogen-bond donors (Lipinski definition) is 2. The number of piperazine rings is 1. The summed E-state index contributed by atoms with van der Waals surface area (Å²) in [6.45, 7) is 7.21. The van der Waals surface area contributed by atoms with Gasteiger partial charge >= 0.3 is 0 Å². The van der Waals surface area contributed by atoms with Crippen LogP contribution in [0.3, 0.4) is 0 Å². The molecule has 2 aromatic rings. The minimum atomic E-state index is -1.03. The van der Waals surface area contributed by atoms with Crippen LogP contribution in [0.15, 0.2) is 48.5 Å². The van der Waals surface area contributed by atoms with Crippen molar-refractivity contribution in [2.45, 2.75) is 70.5 Å². The third-order valence-corrected chi connectivity index (χ3v) is 8.59. The van der Waals surface area contributed by atoms with Gasteiger partial charge in [-0.25, -0.2) is 4.39 Å². The number of carbonyl (C=O) groups is 3. The average Bonchev–Trinajstić information content (AvgIpc) is 3.38. The zero-order valence-corrected chi connectivity index (χ0v) is 23.6. The third-order valence-electron chi connectivity index (χ3n) is 8.59. The van der Waals surface area contributed by atoms with E-state index in [-0.39, 0.29) is 29.6 Å². The van der Waals surface area contributed by atoms with E-state index in [0.29, 0.717) is 31.4 Å². The van der Waals surface area contributed by atoms with Gasteiger partial charge in [-0.2, -0.15) is 0 Å². The Morgan fingerprint density at radius 3 is 2.27 bits per heavy atom. The monoisotopic (exact) mass is 548 g/mol. The second-order valence-corrected chi connectivity index (χ2v) is 12.0. The van der Waals surface area contributed by atoms with Crippen molar-refractivity contribution < 1.29 is 18.8 Å². The molecule has 1 aliphatic carbocycles. The van der Waals surface area contributed by atoms with Gasteiger partial charge in [-0.05, 0) is 85.9 Å². The lowest BCUT2D eigenvalue weighted by atomic mass is 9.88. The van der Waals surface area contributed by atoms with Gasteiger partial charge in [-0.15, -0.1) is 0 Å². The Morgan fingerprint density at radius 1 is 1.00 bits per heavy atom. The minimum Gasteiger partial charge on any atom is -0.353 e. The first-order valence-corrected chi connectivity index (χ1v) is 14.8. The lowest BCUT2D eigenvalue weighted by Crippen LogP contribution is -2.67. The molecule has 40 heavy (non-hydrogen) atoms. The SMILES string of the molecule is CC(C)C[C@@H]1C(=O)N[C@H](C2Cc3ccccc3C2)C(=O)N1[C@@H](C(=O)NCCN1CCCCC1)c1ccc(F)cc1. The van der Waals surface area contributed by atoms with Crippen molar-refractivity contribution in [3.8, 4) is 0 Å². The molecule has 0 bridgehead atoms. The number of piperidine rings is 1. The van der Waals surface area contributed by atoms with Crippen molar-refractivity contribution in [2.75, 3.05) is 26.2 Å². The fourth-order valence-electron chi connectivity index (χ4n) is 6.57. The van der Waals surface area contributed by atoms with Gasteiger partial charge in [-0.1, -0.05) is 56.7 Å². The molecule has 2 saturated heterocycles. The predicted molar refractivity (Wildman–Crippen MR) is 152 cm³/mol. The largest absolute Gasteiger partial charge is 0.353 e. The Balaban J connectivity index is 1.44. The summed E-state index contributed by atoms with van der Waals surface area (Å²) in [5, 5.41) is 6.09. The van der Waals surface area contributed by atoms with E-state index >= 15 is 0 Å². The third kappa shape index (κ3) is 6.22. The van der Waals surface area contributed by atoms with Gasteiger partial charge in [0, 0.05) is 13.1 Å². The lowest BCUT2D eigenvalue weighted by molar-refractivity contribution is -0.157. The van der Waals surface area contributed by atoms with Crippen LogP contribution >= 0.6 is 0 Å². The normalized spacial score (nSPS) is 22.8. The van der Waals surface area contributed by atoms with E-state index in [1.165, 1.54) is 34.6 Å². The molecule has 0 radical (unpaired) electrons. The molecule has 214 valence electrons. The van der Waals surface area contributed by atoms with Crippen LogP contribution in [0.4, 0.5) is 4.39 Å². The standard InChI is InChI=1S/C32H41FN4O3/c1-21(2)18-27-30(38)35-28(25-19-23-8-4-5-9-24(23)20-25)32(40)37(27)29(22-10-12-26(33)13-11-22)31(39)34-14-17-36-15-6-3-7-16-36/h4-5,8-13,21,25,27-29H,3,6-7,14-20H2,1-2H3,(H,34,39)(H,35,38)/t27-,28-,29-/m1/s1. The van der Waals surface area contributed by atoms with Gasteiger partial charge in [0.1, 0.15) is 23.9 Å². The number of benzene rings is 2. The van der Waals surface area contributed by atoms with Crippen LogP contribution in [0.1, 0.15) is 62.3 Å². The number of hydrogen-bond acceptors (Lipinski definition) is 4. The first-order chi connectivity index (χ1) is 19.3. The van der Waals surface area contributed by atoms with Gasteiger partial charge in [-0.3, -0.25) is 14.4 Å². The maximum atomic E-state index is 14.4. The summed E-state index contributed by atoms with van der Waals surface area (Å²) in [5.74, 6) is -1.21. The van der Waals surface area contributed by atoms with Gasteiger partial charge in [0.05, 0.1) is 0 Å². The van der Waals surface area contributed by atoms with Gasteiger partial charge in [0.2, 0.25) is 17.7 Å². The van der Waals surface area contributed by atoms with Gasteiger partial charge < -0.3 is 20.4 Å². The number of halogens is 1. The second-order valence-electron chi connectivity index (χ2n) is 12.0. The highest BCUT2D eigenvalue weighted by atomic mass is 19.1. The molecule has 3 aliphatic rings. The molecule has 2 N–H and O–H groups in total. The summed E-state index contributed by atoms with van der Waals surface area (Å²) in [6.07, 6.45) is 5.37. The summed E-state index contributed by atoms with van der Waals surface area (Å²) >= 11 is 0. The number of likely N-dealkylation sites (tertiary alicyclic amines) is 1. The fraction of sp³-hybridized carbons (Fsp3) is 0.531. The smallest absolute Gasteiger partial charge is 0.247 e. The predicted octanol–water partition coefficient (Wildman–Crippen LogP) is 3.63. The molecule has 2 aromatic carbocycles. The molecule has 2 aliphatic heterocycles. The average molecular weight is 549 g/mol. The summed E-state index contributed by atoms with van der Waals surface area (Å²) in [4.78, 5) is 45.8. The summed E-state index contributed by atoms with van der Waals surface area (Å²) in [6, 6.07) is 11.3. The fourth-order valence-corrected chi connectivity index (χ4v) is 6.57. The first kappa shape index (κ1) is 28.3. The number of nitrogens with one attached hydrogen (secondary N) is 2. The number of fused-ring (bicyclic) bond motifs is 1. The topological polar surface area (TPSA) is 81.8 Å². The molecule has 5 rings (SSSR count). The molecular formula is C32H41FN4O3. The molecule has 0 spiro atoms. The van der Waals surface area contributed by atoms with E-state index in [2.05, 4.69) is 27.7 Å². The van der Waals surface area contributed by atoms with Crippen molar-refractivity contribution in [3.63, 3.8) is 0 Å². The Kier molecular flexibility index (Phi) is 8.84. The van der Waals surface area contributed by atoms with E-state index in [9.17, 15) is 18.8 Å². The van der Waals surface area contributed by atoms with Crippen molar-refractivity contribution in [1.29, 1.82) is 0 Å². The van der Waals surface area contributed by atoms with Crippen LogP contribution in [0.5, 0.6) is 0 Å². The second kappa shape index (κ2) is 12.5. The highest BCUT2D eigenvalue weighted by molar-refractivity contribution is 6.00. The van der Waals surface area contributed by atoms with E-state index in [1.54, 1.807) is 12.1 Å². The molecular weight excluding hydrogens is 507 g/mol. The Hall–Kier alpha value is -3.26. The maximum absolute atomic E-state index is 14.4. The van der Waals surface area contributed by atoms with Crippen molar-refractivity contribution in [1.82, 2.24) is 20.4 Å². The quantitative estimate of drug-likeness (QED) is 0.502. The van der Waals surface area contributed by atoms with Crippen LogP contribution < -0.4 is 10.6 Å². The molecule has 0 unspecified atom stereocenters. The number of rotatable bonds is 9. The van der Waals surface area contributed by atoms with E-state index in [4.69, 9.17) is 0 Å².